The maximum absolute atomic E-state index is 14.3. The number of aliphatic hydroxyl groups is 2. The molecule has 9 nitrogen and oxygen atoms in total. The molecule has 4 saturated carbocycles. The van der Waals surface area contributed by atoms with Crippen molar-refractivity contribution in [2.45, 2.75) is 101 Å². The van der Waals surface area contributed by atoms with Gasteiger partial charge >= 0.3 is 264 Å². The van der Waals surface area contributed by atoms with Gasteiger partial charge in [0.15, 0.2) is 0 Å². The van der Waals surface area contributed by atoms with Gasteiger partial charge in [-0.15, -0.1) is 0 Å². The summed E-state index contributed by atoms with van der Waals surface area (Å²) in [5.41, 5.74) is -3.63. The summed E-state index contributed by atoms with van der Waals surface area (Å²) in [7, 11) is 0. The van der Waals surface area contributed by atoms with E-state index in [1.807, 2.05) is 30.3 Å². The average molecular weight is 813 g/mol. The minimum atomic E-state index is -4.57. The Morgan fingerprint density at radius 2 is 1.78 bits per heavy atom. The molecule has 54 heavy (non-hydrogen) atoms. The molecule has 4 aromatic rings. The Labute approximate surface area is 315 Å². The van der Waals surface area contributed by atoms with E-state index in [1.165, 1.54) is 22.0 Å². The van der Waals surface area contributed by atoms with Gasteiger partial charge in [-0.1, -0.05) is 0 Å². The molecule has 2 aromatic carbocycles. The Bertz CT molecular complexity index is 2210. The van der Waals surface area contributed by atoms with Gasteiger partial charge in [-0.05, 0) is 25.0 Å². The molecular weight excluding hydrogens is 770 g/mol. The summed E-state index contributed by atoms with van der Waals surface area (Å²) in [6, 6.07) is 14.1. The molecule has 2 aromatic heterocycles. The van der Waals surface area contributed by atoms with Crippen molar-refractivity contribution in [2.24, 2.45) is 28.6 Å². The number of nitrogens with zero attached hydrogens (tertiary/aromatic N) is 1. The van der Waals surface area contributed by atoms with Crippen molar-refractivity contribution in [3.63, 3.8) is 0 Å². The Hall–Kier alpha value is -3.77. The zero-order valence-electron chi connectivity index (χ0n) is 29.9. The van der Waals surface area contributed by atoms with Crippen molar-refractivity contribution in [2.75, 3.05) is 0 Å². The molecule has 286 valence electrons. The molecule has 10 atom stereocenters. The van der Waals surface area contributed by atoms with Crippen LogP contribution in [0.4, 0.5) is 13.2 Å². The number of Topliss-reactive ketones (excluding diaryl/α,β-unsaturated/α-hetero) is 1. The number of esters is 1. The van der Waals surface area contributed by atoms with Crippen molar-refractivity contribution < 1.29 is 42.1 Å². The van der Waals surface area contributed by atoms with Crippen LogP contribution in [0.5, 0.6) is 0 Å². The molecule has 8 rings (SSSR count). The van der Waals surface area contributed by atoms with Crippen LogP contribution in [0.1, 0.15) is 87.4 Å². The quantitative estimate of drug-likeness (QED) is 0.184. The van der Waals surface area contributed by atoms with Crippen LogP contribution in [-0.2, 0) is 26.9 Å². The first-order valence-electron chi connectivity index (χ1n) is 18.6. The first-order chi connectivity index (χ1) is 25.6. The average Bonchev–Trinajstić information content (AvgIpc) is 3.62. The van der Waals surface area contributed by atoms with Crippen molar-refractivity contribution >= 4 is 36.1 Å². The summed E-state index contributed by atoms with van der Waals surface area (Å²) < 4.78 is 53.5. The van der Waals surface area contributed by atoms with Gasteiger partial charge in [0.1, 0.15) is 0 Å². The molecule has 13 heteroatoms. The van der Waals surface area contributed by atoms with E-state index in [0.717, 1.165) is 17.7 Å². The van der Waals surface area contributed by atoms with Crippen LogP contribution >= 0.6 is 0 Å². The van der Waals surface area contributed by atoms with Crippen LogP contribution in [0.3, 0.4) is 0 Å². The number of carbonyl (C=O) groups is 2. The molecule has 2 N–H and O–H groups in total. The van der Waals surface area contributed by atoms with Gasteiger partial charge < -0.3 is 4.42 Å². The number of carbonyl (C=O) groups excluding carboxylic acids is 2. The standard InChI is InChI=1S/C41H42F3NO8Se/c1-38-16-14-26(53-37(50)30(18-22-6-4-3-5-7-22)45-36(49)27-11-9-25(41(42,43)44)20-31(27)54-45)19-24(38)10-12-29-33(38)34(47)35(48)39(2)28(15-17-40(29,39)51)23-8-13-32(46)52-21-23/h3-9,11,13,20-21,24,26,28-30,33-34,47,51H,10,12,14-19H2,1-2H3/t24-,26+,28-,29-,30+,33-,34+,38+,39+,40+/m1/s1. The molecule has 4 aliphatic rings. The summed E-state index contributed by atoms with van der Waals surface area (Å²) in [5.74, 6) is -2.35. The summed E-state index contributed by atoms with van der Waals surface area (Å²) in [6.07, 6.45) is -1.35. The minimum absolute atomic E-state index is 0.0310. The molecule has 4 fully saturated rings. The fourth-order valence-corrected chi connectivity index (χ4v) is 13.3. The number of fused-ring (bicyclic) bond motifs is 6. The van der Waals surface area contributed by atoms with Gasteiger partial charge in [-0.2, -0.15) is 0 Å². The molecular formula is C41H42F3NO8Se. The molecule has 4 aliphatic carbocycles. The molecule has 0 amide bonds. The Morgan fingerprint density at radius 3 is 2.48 bits per heavy atom. The number of rotatable bonds is 6. The summed E-state index contributed by atoms with van der Waals surface area (Å²) in [6.45, 7) is 3.82. The number of alkyl halides is 3. The molecule has 0 radical (unpaired) electrons. The topological polar surface area (TPSA) is 136 Å². The van der Waals surface area contributed by atoms with Crippen LogP contribution in [0.2, 0.25) is 0 Å². The van der Waals surface area contributed by atoms with E-state index in [9.17, 15) is 42.6 Å². The first-order valence-corrected chi connectivity index (χ1v) is 20.2. The number of ketones is 1. The van der Waals surface area contributed by atoms with Gasteiger partial charge in [-0.3, -0.25) is 0 Å². The van der Waals surface area contributed by atoms with E-state index in [1.54, 1.807) is 13.0 Å². The van der Waals surface area contributed by atoms with E-state index in [-0.39, 0.29) is 27.9 Å². The fraction of sp³-hybridized carbons (Fsp3) is 0.512. The first kappa shape index (κ1) is 37.2. The van der Waals surface area contributed by atoms with Gasteiger partial charge in [0, 0.05) is 12.0 Å². The third-order valence-electron chi connectivity index (χ3n) is 13.8. The van der Waals surface area contributed by atoms with Crippen molar-refractivity contribution in [1.29, 1.82) is 0 Å². The van der Waals surface area contributed by atoms with E-state index >= 15 is 0 Å². The van der Waals surface area contributed by atoms with Gasteiger partial charge in [-0.25, -0.2) is 4.79 Å². The molecule has 0 saturated heterocycles. The van der Waals surface area contributed by atoms with Crippen LogP contribution in [0, 0.1) is 28.6 Å². The number of ether oxygens (including phenoxy) is 1. The van der Waals surface area contributed by atoms with Crippen LogP contribution in [-0.4, -0.2) is 58.1 Å². The van der Waals surface area contributed by atoms with E-state index in [2.05, 4.69) is 6.92 Å². The van der Waals surface area contributed by atoms with Crippen LogP contribution < -0.4 is 11.2 Å². The third-order valence-corrected chi connectivity index (χ3v) is 16.2. The van der Waals surface area contributed by atoms with E-state index in [0.29, 0.717) is 50.5 Å². The number of aliphatic hydroxyl groups excluding tert-OH is 1. The Kier molecular flexibility index (Phi) is 9.07. The molecule has 0 spiro atoms. The summed E-state index contributed by atoms with van der Waals surface area (Å²) >= 11 is -0.887. The fourth-order valence-electron chi connectivity index (χ4n) is 11.0. The predicted octanol–water partition coefficient (Wildman–Crippen LogP) is 5.82. The van der Waals surface area contributed by atoms with Crippen molar-refractivity contribution in [3.05, 3.63) is 104 Å². The second kappa shape index (κ2) is 13.2. The van der Waals surface area contributed by atoms with E-state index < -0.39 is 95.9 Å². The molecule has 0 bridgehead atoms. The maximum atomic E-state index is 14.3. The summed E-state index contributed by atoms with van der Waals surface area (Å²) in [5, 5.41) is 24.6. The zero-order valence-corrected chi connectivity index (χ0v) is 31.6. The van der Waals surface area contributed by atoms with Crippen LogP contribution in [0.25, 0.3) is 9.65 Å². The number of benzene rings is 2. The van der Waals surface area contributed by atoms with Crippen LogP contribution in [0.15, 0.2) is 80.9 Å². The number of halogens is 3. The third kappa shape index (κ3) is 5.71. The number of aromatic nitrogens is 1. The van der Waals surface area contributed by atoms with Gasteiger partial charge in [0.25, 0.3) is 0 Å². The van der Waals surface area contributed by atoms with E-state index in [4.69, 9.17) is 9.15 Å². The number of hydrogen-bond donors (Lipinski definition) is 2. The monoisotopic (exact) mass is 813 g/mol. The van der Waals surface area contributed by atoms with Gasteiger partial charge in [0.05, 0.1) is 6.26 Å². The molecule has 0 unspecified atom stereocenters. The second-order valence-corrected chi connectivity index (χ2v) is 18.4. The summed E-state index contributed by atoms with van der Waals surface area (Å²) in [4.78, 5) is 53.8. The van der Waals surface area contributed by atoms with Crippen molar-refractivity contribution in [1.82, 2.24) is 3.56 Å². The SMILES string of the molecule is C[C@]12CC[C@H](OC(=O)[C@H](Cc3ccccc3)n3[se]c4cc(C(F)(F)F)ccc4c3=O)C[C@H]1CC[C@@H]1[C@@H]2[C@H](O)C(=O)[C@]2(C)[C@@H](c3ccc(=O)oc3)CC[C@]12O. The Morgan fingerprint density at radius 1 is 1.02 bits per heavy atom. The van der Waals surface area contributed by atoms with Crippen molar-refractivity contribution in [3.8, 4) is 0 Å². The second-order valence-electron chi connectivity index (χ2n) is 16.3. The number of hydrogen-bond acceptors (Lipinski definition) is 8. The molecule has 2 heterocycles. The molecule has 0 aliphatic heterocycles. The van der Waals surface area contributed by atoms with Gasteiger partial charge in [0.2, 0.25) is 0 Å². The predicted molar refractivity (Wildman–Crippen MR) is 192 cm³/mol. The zero-order chi connectivity index (χ0) is 38.4. The normalized spacial score (nSPS) is 34.2. The Balaban J connectivity index is 1.04.